The maximum absolute atomic E-state index is 3.63. The van der Waals surface area contributed by atoms with Crippen LogP contribution in [0, 0.1) is 5.92 Å². The molecule has 0 aromatic heterocycles. The number of hydrogen-bond acceptors (Lipinski definition) is 2. The average molecular weight is 463 g/mol. The van der Waals surface area contributed by atoms with E-state index >= 15 is 0 Å². The first-order valence-corrected chi connectivity index (χ1v) is 8.56. The Morgan fingerprint density at radius 2 is 1.71 bits per heavy atom. The predicted molar refractivity (Wildman–Crippen MR) is 103 cm³/mol. The van der Waals surface area contributed by atoms with Crippen LogP contribution in [0.3, 0.4) is 0 Å². The van der Waals surface area contributed by atoms with Gasteiger partial charge in [0.25, 0.3) is 0 Å². The van der Waals surface area contributed by atoms with Gasteiger partial charge in [-0.2, -0.15) is 0 Å². The first-order chi connectivity index (χ1) is 9.08. The molecule has 0 saturated carbocycles. The third-order valence-electron chi connectivity index (χ3n) is 3.62. The molecular formula is C15H24Br2Cl2N2. The second kappa shape index (κ2) is 10.5. The van der Waals surface area contributed by atoms with E-state index in [1.807, 2.05) is 0 Å². The fourth-order valence-electron chi connectivity index (χ4n) is 2.66. The highest BCUT2D eigenvalue weighted by atomic mass is 79.9. The molecule has 122 valence electrons. The van der Waals surface area contributed by atoms with Gasteiger partial charge in [-0.1, -0.05) is 19.9 Å². The standard InChI is InChI=1S/C15H22Br2N2.2ClH/c1-11(2)9-15(19-7-5-18-6-8-19)12-3-4-13(16)14(17)10-12;;/h3-4,10-11,15,18H,5-9H2,1-2H3;2*1H/t15-;;/m0../s1. The van der Waals surface area contributed by atoms with Crippen molar-refractivity contribution in [3.63, 3.8) is 0 Å². The maximum Gasteiger partial charge on any atom is 0.0352 e. The fourth-order valence-corrected chi connectivity index (χ4v) is 3.30. The zero-order valence-electron chi connectivity index (χ0n) is 12.4. The first-order valence-electron chi connectivity index (χ1n) is 6.97. The van der Waals surface area contributed by atoms with Gasteiger partial charge in [0.1, 0.15) is 0 Å². The zero-order valence-corrected chi connectivity index (χ0v) is 17.2. The average Bonchev–Trinajstić information content (AvgIpc) is 2.40. The van der Waals surface area contributed by atoms with E-state index in [-0.39, 0.29) is 24.8 Å². The summed E-state index contributed by atoms with van der Waals surface area (Å²) in [4.78, 5) is 2.62. The van der Waals surface area contributed by atoms with Gasteiger partial charge in [0.15, 0.2) is 0 Å². The maximum atomic E-state index is 3.63. The number of halogens is 4. The van der Waals surface area contributed by atoms with Gasteiger partial charge in [-0.15, -0.1) is 24.8 Å². The van der Waals surface area contributed by atoms with Crippen molar-refractivity contribution < 1.29 is 0 Å². The van der Waals surface area contributed by atoms with Crippen LogP contribution in [0.25, 0.3) is 0 Å². The predicted octanol–water partition coefficient (Wildman–Crippen LogP) is 5.05. The van der Waals surface area contributed by atoms with Gasteiger partial charge in [-0.05, 0) is 61.9 Å². The van der Waals surface area contributed by atoms with Crippen LogP contribution >= 0.6 is 56.7 Å². The summed E-state index contributed by atoms with van der Waals surface area (Å²) in [6.45, 7) is 9.11. The van der Waals surface area contributed by atoms with Crippen LogP contribution < -0.4 is 5.32 Å². The number of nitrogens with zero attached hydrogens (tertiary/aromatic N) is 1. The van der Waals surface area contributed by atoms with E-state index < -0.39 is 0 Å². The molecule has 1 aromatic rings. The van der Waals surface area contributed by atoms with E-state index in [2.05, 4.69) is 74.1 Å². The number of hydrogen-bond donors (Lipinski definition) is 1. The van der Waals surface area contributed by atoms with Crippen LogP contribution in [-0.2, 0) is 0 Å². The molecule has 0 spiro atoms. The molecule has 0 amide bonds. The van der Waals surface area contributed by atoms with Crippen LogP contribution in [0.5, 0.6) is 0 Å². The summed E-state index contributed by atoms with van der Waals surface area (Å²) in [5, 5.41) is 3.44. The van der Waals surface area contributed by atoms with Crippen molar-refractivity contribution in [2.24, 2.45) is 5.92 Å². The Balaban J connectivity index is 0.00000200. The summed E-state index contributed by atoms with van der Waals surface area (Å²) in [6, 6.07) is 7.20. The molecule has 2 rings (SSSR count). The molecule has 1 aliphatic heterocycles. The molecule has 0 radical (unpaired) electrons. The topological polar surface area (TPSA) is 15.3 Å². The van der Waals surface area contributed by atoms with Gasteiger partial charge in [0, 0.05) is 41.2 Å². The minimum Gasteiger partial charge on any atom is -0.314 e. The SMILES string of the molecule is CC(C)C[C@@H](c1ccc(Br)c(Br)c1)N1CCNCC1.Cl.Cl. The molecule has 0 aliphatic carbocycles. The number of rotatable bonds is 4. The van der Waals surface area contributed by atoms with Crippen LogP contribution in [0.1, 0.15) is 31.9 Å². The van der Waals surface area contributed by atoms with Gasteiger partial charge in [0.2, 0.25) is 0 Å². The molecule has 1 fully saturated rings. The Bertz CT molecular complexity index is 424. The monoisotopic (exact) mass is 460 g/mol. The highest BCUT2D eigenvalue weighted by Gasteiger charge is 2.23. The van der Waals surface area contributed by atoms with Crippen LogP contribution in [0.15, 0.2) is 27.1 Å². The smallest absolute Gasteiger partial charge is 0.0352 e. The molecule has 1 aromatic carbocycles. The molecule has 1 aliphatic rings. The van der Waals surface area contributed by atoms with E-state index in [0.717, 1.165) is 35.1 Å². The van der Waals surface area contributed by atoms with Gasteiger partial charge >= 0.3 is 0 Å². The zero-order chi connectivity index (χ0) is 13.8. The molecule has 1 heterocycles. The van der Waals surface area contributed by atoms with Crippen LogP contribution in [0.2, 0.25) is 0 Å². The Morgan fingerprint density at radius 1 is 1.10 bits per heavy atom. The summed E-state index contributed by atoms with van der Waals surface area (Å²) in [5.74, 6) is 0.710. The lowest BCUT2D eigenvalue weighted by Gasteiger charge is -2.36. The van der Waals surface area contributed by atoms with Gasteiger partial charge < -0.3 is 5.32 Å². The van der Waals surface area contributed by atoms with Gasteiger partial charge in [0.05, 0.1) is 0 Å². The van der Waals surface area contributed by atoms with Crippen molar-refractivity contribution in [2.45, 2.75) is 26.3 Å². The highest BCUT2D eigenvalue weighted by molar-refractivity contribution is 9.13. The molecule has 1 atom stereocenters. The fraction of sp³-hybridized carbons (Fsp3) is 0.600. The summed E-state index contributed by atoms with van der Waals surface area (Å²) >= 11 is 7.18. The molecule has 1 N–H and O–H groups in total. The number of benzene rings is 1. The van der Waals surface area contributed by atoms with Crippen LogP contribution in [0.4, 0.5) is 0 Å². The Hall–Kier alpha value is 0.680. The second-order valence-corrected chi connectivity index (χ2v) is 7.31. The number of nitrogens with one attached hydrogen (secondary N) is 1. The molecule has 2 nitrogen and oxygen atoms in total. The minimum atomic E-state index is 0. The van der Waals surface area contributed by atoms with Gasteiger partial charge in [-0.25, -0.2) is 0 Å². The van der Waals surface area contributed by atoms with E-state index in [4.69, 9.17) is 0 Å². The van der Waals surface area contributed by atoms with Crippen molar-refractivity contribution in [2.75, 3.05) is 26.2 Å². The van der Waals surface area contributed by atoms with Crippen molar-refractivity contribution in [3.8, 4) is 0 Å². The van der Waals surface area contributed by atoms with Crippen molar-refractivity contribution in [1.82, 2.24) is 10.2 Å². The Kier molecular flexibility index (Phi) is 10.8. The van der Waals surface area contributed by atoms with E-state index in [1.54, 1.807) is 0 Å². The van der Waals surface area contributed by atoms with E-state index in [0.29, 0.717) is 12.0 Å². The normalized spacial score (nSPS) is 17.0. The van der Waals surface area contributed by atoms with Gasteiger partial charge in [-0.3, -0.25) is 4.90 Å². The van der Waals surface area contributed by atoms with E-state index in [9.17, 15) is 0 Å². The lowest BCUT2D eigenvalue weighted by Crippen LogP contribution is -2.45. The second-order valence-electron chi connectivity index (χ2n) is 5.60. The quantitative estimate of drug-likeness (QED) is 0.673. The Labute approximate surface area is 157 Å². The molecule has 21 heavy (non-hydrogen) atoms. The van der Waals surface area contributed by atoms with Crippen molar-refractivity contribution >= 4 is 56.7 Å². The molecule has 0 unspecified atom stereocenters. The third-order valence-corrected chi connectivity index (χ3v) is 5.50. The summed E-state index contributed by atoms with van der Waals surface area (Å²) in [5.41, 5.74) is 1.42. The highest BCUT2D eigenvalue weighted by Crippen LogP contribution is 2.32. The Morgan fingerprint density at radius 3 is 2.24 bits per heavy atom. The summed E-state index contributed by atoms with van der Waals surface area (Å²) < 4.78 is 2.27. The summed E-state index contributed by atoms with van der Waals surface area (Å²) in [6.07, 6.45) is 1.22. The molecule has 0 bridgehead atoms. The molecule has 1 saturated heterocycles. The molecular weight excluding hydrogens is 439 g/mol. The summed E-state index contributed by atoms with van der Waals surface area (Å²) in [7, 11) is 0. The number of piperazine rings is 1. The van der Waals surface area contributed by atoms with Crippen molar-refractivity contribution in [1.29, 1.82) is 0 Å². The lowest BCUT2D eigenvalue weighted by atomic mass is 9.95. The minimum absolute atomic E-state index is 0. The third kappa shape index (κ3) is 6.36. The van der Waals surface area contributed by atoms with Crippen molar-refractivity contribution in [3.05, 3.63) is 32.7 Å². The largest absolute Gasteiger partial charge is 0.314 e. The first kappa shape index (κ1) is 21.7. The lowest BCUT2D eigenvalue weighted by molar-refractivity contribution is 0.154. The molecule has 6 heteroatoms. The van der Waals surface area contributed by atoms with E-state index in [1.165, 1.54) is 12.0 Å². The van der Waals surface area contributed by atoms with Crippen LogP contribution in [-0.4, -0.2) is 31.1 Å².